The van der Waals surface area contributed by atoms with E-state index in [9.17, 15) is 54.4 Å². The summed E-state index contributed by atoms with van der Waals surface area (Å²) in [6.45, 7) is 7.00. The second-order valence-corrected chi connectivity index (χ2v) is 26.0. The van der Waals surface area contributed by atoms with E-state index in [4.69, 9.17) is 0 Å². The number of nitriles is 2. The number of aromatic nitrogens is 2. The van der Waals surface area contributed by atoms with Crippen LogP contribution in [-0.4, -0.2) is 75.8 Å². The molecule has 0 radical (unpaired) electrons. The Morgan fingerprint density at radius 1 is 0.514 bits per heavy atom. The number of sulfone groups is 2. The van der Waals surface area contributed by atoms with Gasteiger partial charge in [-0.1, -0.05) is 41.5 Å². The van der Waals surface area contributed by atoms with Crippen LogP contribution in [0.2, 0.25) is 0 Å². The first-order valence-corrected chi connectivity index (χ1v) is 29.4. The van der Waals surface area contributed by atoms with Crippen LogP contribution in [0.5, 0.6) is 0 Å². The quantitative estimate of drug-likeness (QED) is 0.131. The van der Waals surface area contributed by atoms with Gasteiger partial charge >= 0.3 is 0 Å². The summed E-state index contributed by atoms with van der Waals surface area (Å²) in [6, 6.07) is 32.9. The summed E-state index contributed by atoms with van der Waals surface area (Å²) in [5.74, 6) is 0. The molecule has 2 N–H and O–H groups in total. The number of aryl methyl sites for hydroxylation is 4. The first kappa shape index (κ1) is 51.3. The summed E-state index contributed by atoms with van der Waals surface area (Å²) in [5, 5.41) is 42.0. The zero-order chi connectivity index (χ0) is 53.4. The highest BCUT2D eigenvalue weighted by atomic mass is 32.2. The number of aliphatic hydroxyl groups is 2. The van der Waals surface area contributed by atoms with Crippen LogP contribution in [0.4, 0.5) is 11.4 Å². The first-order valence-electron chi connectivity index (χ1n) is 22.7. The number of fused-ring (bicyclic) bond motifs is 4. The van der Waals surface area contributed by atoms with Gasteiger partial charge in [0.25, 0.3) is 20.0 Å². The van der Waals surface area contributed by atoms with Crippen molar-refractivity contribution >= 4 is 84.3 Å². The van der Waals surface area contributed by atoms with Crippen molar-refractivity contribution in [2.45, 2.75) is 72.3 Å². The Morgan fingerprint density at radius 3 is 1.35 bits per heavy atom. The lowest BCUT2D eigenvalue weighted by molar-refractivity contribution is 0.244. The van der Waals surface area contributed by atoms with Crippen molar-refractivity contribution in [1.29, 1.82) is 10.5 Å². The number of benzene rings is 6. The summed E-state index contributed by atoms with van der Waals surface area (Å²) in [4.78, 5) is 9.00. The van der Waals surface area contributed by atoms with E-state index in [2.05, 4.69) is 22.1 Å². The van der Waals surface area contributed by atoms with Crippen molar-refractivity contribution < 1.29 is 43.9 Å². The minimum Gasteiger partial charge on any atom is -0.382 e. The van der Waals surface area contributed by atoms with E-state index < -0.39 is 51.9 Å². The SMILES string of the molecule is Cc1ccc(S(=O)(=O)n2ccc3c(C(O)C4=Nc5cc(C#N)ccc5C4)c(S(C)(=O)=O)cc(C)c32)cc1.Cc1ccc(S(=O)(=O)n2ccc3c(C(O)C4=Nc5ccc(C#N)cc5C4)c(S(C)(=O)=O)cc(C)c32)cc1. The third-order valence-electron chi connectivity index (χ3n) is 13.1. The highest BCUT2D eigenvalue weighted by Gasteiger charge is 2.34. The molecule has 10 rings (SSSR count). The Bertz CT molecular complexity index is 4320. The summed E-state index contributed by atoms with van der Waals surface area (Å²) in [6.07, 6.45) is 2.52. The monoisotopic (exact) mass is 1070 g/mol. The molecule has 8 aromatic rings. The van der Waals surface area contributed by atoms with Crippen LogP contribution in [0.1, 0.15) is 67.8 Å². The number of aliphatic hydroxyl groups excluding tert-OH is 2. The predicted octanol–water partition coefficient (Wildman–Crippen LogP) is 8.27. The molecular weight excluding hydrogens is 1020 g/mol. The smallest absolute Gasteiger partial charge is 0.268 e. The number of hydrogen-bond donors (Lipinski definition) is 2. The second-order valence-electron chi connectivity index (χ2n) is 18.4. The van der Waals surface area contributed by atoms with Crippen LogP contribution in [-0.2, 0) is 52.6 Å². The van der Waals surface area contributed by atoms with Gasteiger partial charge in [-0.3, -0.25) is 9.98 Å². The zero-order valence-electron chi connectivity index (χ0n) is 40.6. The van der Waals surface area contributed by atoms with Gasteiger partial charge in [0.15, 0.2) is 19.7 Å². The Morgan fingerprint density at radius 2 is 0.919 bits per heavy atom. The molecule has 2 atom stereocenters. The highest BCUT2D eigenvalue weighted by molar-refractivity contribution is 7.91. The molecule has 0 aliphatic carbocycles. The zero-order valence-corrected chi connectivity index (χ0v) is 43.9. The van der Waals surface area contributed by atoms with Gasteiger partial charge in [-0.25, -0.2) is 41.6 Å². The van der Waals surface area contributed by atoms with Crippen LogP contribution in [0.15, 0.2) is 151 Å². The van der Waals surface area contributed by atoms with Crippen molar-refractivity contribution in [3.05, 3.63) is 177 Å². The fourth-order valence-electron chi connectivity index (χ4n) is 9.43. The van der Waals surface area contributed by atoms with Crippen LogP contribution in [0, 0.1) is 50.4 Å². The number of aliphatic imine (C=N–C) groups is 2. The third-order valence-corrected chi connectivity index (χ3v) is 18.7. The summed E-state index contributed by atoms with van der Waals surface area (Å²) >= 11 is 0. The molecule has 0 bridgehead atoms. The summed E-state index contributed by atoms with van der Waals surface area (Å²) < 4.78 is 108. The molecular formula is C54H46N6O10S4. The molecule has 2 aliphatic heterocycles. The molecule has 6 aromatic carbocycles. The Balaban J connectivity index is 0.000000182. The third kappa shape index (κ3) is 9.14. The summed E-state index contributed by atoms with van der Waals surface area (Å²) in [5.41, 5.74) is 7.60. The van der Waals surface area contributed by atoms with Gasteiger partial charge in [0.1, 0.15) is 12.2 Å². The van der Waals surface area contributed by atoms with Crippen molar-refractivity contribution in [2.75, 3.05) is 12.5 Å². The Labute approximate surface area is 428 Å². The molecule has 0 spiro atoms. The standard InChI is InChI=1S/2C27H23N3O5S2/c1-16-4-8-20(9-5-16)37(34,35)30-11-10-21-25(24(36(3,32)33)12-17(2)26(21)30)27(31)23-14-19-7-6-18(15-28)13-22(19)29-23;1-16-4-7-20(8-5-16)37(34,35)30-11-10-21-25(24(36(3,32)33)12-17(2)26(21)30)27(31)23-14-19-13-18(15-28)6-9-22(19)29-23/h2*4-13,27,31H,14H2,1-3H3. The number of nitrogens with zero attached hydrogens (tertiary/aromatic N) is 6. The lowest BCUT2D eigenvalue weighted by Gasteiger charge is -2.19. The lowest BCUT2D eigenvalue weighted by atomic mass is 9.96. The predicted molar refractivity (Wildman–Crippen MR) is 281 cm³/mol. The fraction of sp³-hybridized carbons (Fsp3) is 0.185. The fourth-order valence-corrected chi connectivity index (χ4v) is 14.3. The Kier molecular flexibility index (Phi) is 13.0. The maximum absolute atomic E-state index is 13.5. The lowest BCUT2D eigenvalue weighted by Crippen LogP contribution is -2.17. The van der Waals surface area contributed by atoms with E-state index in [-0.39, 0.29) is 54.6 Å². The molecule has 74 heavy (non-hydrogen) atoms. The number of rotatable bonds is 10. The van der Waals surface area contributed by atoms with E-state index in [0.717, 1.165) is 42.7 Å². The highest BCUT2D eigenvalue weighted by Crippen LogP contribution is 2.41. The minimum atomic E-state index is -4.00. The molecule has 0 amide bonds. The molecule has 0 fully saturated rings. The topological polar surface area (TPSA) is 259 Å². The molecule has 0 saturated carbocycles. The molecule has 2 unspecified atom stereocenters. The maximum Gasteiger partial charge on any atom is 0.268 e. The summed E-state index contributed by atoms with van der Waals surface area (Å²) in [7, 11) is -15.6. The van der Waals surface area contributed by atoms with Gasteiger partial charge in [-0.2, -0.15) is 10.5 Å². The van der Waals surface area contributed by atoms with Gasteiger partial charge in [0.2, 0.25) is 0 Å². The molecule has 20 heteroatoms. The van der Waals surface area contributed by atoms with Crippen LogP contribution in [0.25, 0.3) is 21.8 Å². The normalized spacial score (nSPS) is 14.3. The van der Waals surface area contributed by atoms with E-state index in [1.54, 1.807) is 74.5 Å². The van der Waals surface area contributed by atoms with Crippen molar-refractivity contribution in [2.24, 2.45) is 9.98 Å². The molecule has 2 aromatic heterocycles. The molecule has 4 heterocycles. The van der Waals surface area contributed by atoms with Gasteiger partial charge < -0.3 is 10.2 Å². The largest absolute Gasteiger partial charge is 0.382 e. The van der Waals surface area contributed by atoms with Crippen molar-refractivity contribution in [3.63, 3.8) is 0 Å². The van der Waals surface area contributed by atoms with Gasteiger partial charge in [0.05, 0.1) is 76.7 Å². The van der Waals surface area contributed by atoms with Crippen molar-refractivity contribution in [3.8, 4) is 12.1 Å². The van der Waals surface area contributed by atoms with Gasteiger partial charge in [0, 0.05) is 59.6 Å². The van der Waals surface area contributed by atoms with Crippen LogP contribution >= 0.6 is 0 Å². The second kappa shape index (κ2) is 18.7. The maximum atomic E-state index is 13.5. The molecule has 0 saturated heterocycles. The average molecular weight is 1070 g/mol. The van der Waals surface area contributed by atoms with E-state index in [1.165, 1.54) is 60.9 Å². The first-order chi connectivity index (χ1) is 34.8. The molecule has 16 nitrogen and oxygen atoms in total. The molecule has 2 aliphatic rings. The van der Waals surface area contributed by atoms with Crippen molar-refractivity contribution in [1.82, 2.24) is 7.94 Å². The van der Waals surface area contributed by atoms with E-state index >= 15 is 0 Å². The average Bonchev–Trinajstić information content (AvgIpc) is 4.18. The van der Waals surface area contributed by atoms with Crippen LogP contribution in [0.3, 0.4) is 0 Å². The van der Waals surface area contributed by atoms with E-state index in [1.807, 2.05) is 13.8 Å². The van der Waals surface area contributed by atoms with E-state index in [0.29, 0.717) is 55.8 Å². The molecule has 376 valence electrons. The number of hydrogen-bond acceptors (Lipinski definition) is 14. The Hall–Kier alpha value is -7.56. The minimum absolute atomic E-state index is 0.0769. The van der Waals surface area contributed by atoms with Gasteiger partial charge in [-0.15, -0.1) is 0 Å². The van der Waals surface area contributed by atoms with Crippen LogP contribution < -0.4 is 0 Å². The van der Waals surface area contributed by atoms with Gasteiger partial charge in [-0.05, 0) is 129 Å².